The van der Waals surface area contributed by atoms with Gasteiger partial charge in [-0.15, -0.1) is 0 Å². The molecule has 0 bridgehead atoms. The van der Waals surface area contributed by atoms with Crippen LogP contribution in [0.2, 0.25) is 13.1 Å². The van der Waals surface area contributed by atoms with E-state index >= 15 is 0 Å². The molecule has 1 atom stereocenters. The predicted octanol–water partition coefficient (Wildman–Crippen LogP) is 4.09. The molecule has 1 aromatic carbocycles. The molecule has 0 N–H and O–H groups in total. The number of hydrogen-bond donors (Lipinski definition) is 0. The molecule has 112 valence electrons. The molecule has 1 aromatic rings. The van der Waals surface area contributed by atoms with E-state index in [1.807, 2.05) is 0 Å². The molecular weight excluding hydrogens is 260 g/mol. The average molecular weight is 291 g/mol. The van der Waals surface area contributed by atoms with E-state index < -0.39 is 8.24 Å². The van der Waals surface area contributed by atoms with Crippen LogP contribution in [0.3, 0.4) is 0 Å². The SMILES string of the molecule is CC(c1ccc(N(C)C)cc1)[Si](C)(C)N1CCCCC1. The highest BCUT2D eigenvalue weighted by Crippen LogP contribution is 2.32. The number of anilines is 1. The molecular formula is C17H30N2Si. The van der Waals surface area contributed by atoms with Gasteiger partial charge in [0.15, 0.2) is 0 Å². The molecule has 0 aromatic heterocycles. The molecule has 1 unspecified atom stereocenters. The summed E-state index contributed by atoms with van der Waals surface area (Å²) in [5, 5.41) is 0. The summed E-state index contributed by atoms with van der Waals surface area (Å²) in [5.41, 5.74) is 3.49. The Hall–Kier alpha value is -0.803. The van der Waals surface area contributed by atoms with Crippen LogP contribution in [0.4, 0.5) is 5.69 Å². The normalized spacial score (nSPS) is 18.9. The van der Waals surface area contributed by atoms with Crippen LogP contribution in [0.1, 0.15) is 37.3 Å². The lowest BCUT2D eigenvalue weighted by Gasteiger charge is -2.43. The topological polar surface area (TPSA) is 6.48 Å². The highest BCUT2D eigenvalue weighted by Gasteiger charge is 2.36. The first-order valence-electron chi connectivity index (χ1n) is 7.95. The third kappa shape index (κ3) is 3.26. The fraction of sp³-hybridized carbons (Fsp3) is 0.647. The van der Waals surface area contributed by atoms with Crippen molar-refractivity contribution in [1.82, 2.24) is 4.57 Å². The third-order valence-electron chi connectivity index (χ3n) is 5.14. The van der Waals surface area contributed by atoms with Crippen LogP contribution in [0.5, 0.6) is 0 Å². The lowest BCUT2D eigenvalue weighted by molar-refractivity contribution is 0.339. The molecule has 2 rings (SSSR count). The summed E-state index contributed by atoms with van der Waals surface area (Å²) in [7, 11) is 2.83. The van der Waals surface area contributed by atoms with Crippen molar-refractivity contribution in [3.63, 3.8) is 0 Å². The van der Waals surface area contributed by atoms with Crippen molar-refractivity contribution < 1.29 is 0 Å². The zero-order valence-electron chi connectivity index (χ0n) is 13.8. The summed E-state index contributed by atoms with van der Waals surface area (Å²) < 4.78 is 2.82. The van der Waals surface area contributed by atoms with Crippen LogP contribution < -0.4 is 4.90 Å². The quantitative estimate of drug-likeness (QED) is 0.771. The lowest BCUT2D eigenvalue weighted by Crippen LogP contribution is -2.54. The van der Waals surface area contributed by atoms with E-state index in [-0.39, 0.29) is 0 Å². The zero-order chi connectivity index (χ0) is 14.8. The van der Waals surface area contributed by atoms with Crippen molar-refractivity contribution in [2.45, 2.75) is 44.8 Å². The van der Waals surface area contributed by atoms with Crippen molar-refractivity contribution in [3.05, 3.63) is 29.8 Å². The van der Waals surface area contributed by atoms with E-state index in [9.17, 15) is 0 Å². The molecule has 3 heteroatoms. The lowest BCUT2D eigenvalue weighted by atomic mass is 10.1. The van der Waals surface area contributed by atoms with Crippen LogP contribution in [0.15, 0.2) is 24.3 Å². The van der Waals surface area contributed by atoms with Crippen molar-refractivity contribution >= 4 is 13.9 Å². The number of piperidine rings is 1. The minimum atomic E-state index is -1.37. The van der Waals surface area contributed by atoms with Crippen LogP contribution in [0.25, 0.3) is 0 Å². The first-order valence-corrected chi connectivity index (χ1v) is 11.0. The summed E-state index contributed by atoms with van der Waals surface area (Å²) in [5.74, 6) is 0. The van der Waals surface area contributed by atoms with Crippen molar-refractivity contribution in [2.24, 2.45) is 0 Å². The first-order chi connectivity index (χ1) is 9.43. The maximum absolute atomic E-state index is 2.82. The van der Waals surface area contributed by atoms with E-state index in [4.69, 9.17) is 0 Å². The summed E-state index contributed by atoms with van der Waals surface area (Å²) in [6, 6.07) is 9.18. The molecule has 0 aliphatic carbocycles. The van der Waals surface area contributed by atoms with Gasteiger partial charge in [-0.25, -0.2) is 0 Å². The molecule has 0 radical (unpaired) electrons. The monoisotopic (exact) mass is 290 g/mol. The van der Waals surface area contributed by atoms with E-state index in [0.717, 1.165) is 0 Å². The molecule has 1 heterocycles. The van der Waals surface area contributed by atoms with Gasteiger partial charge in [-0.1, -0.05) is 38.6 Å². The summed E-state index contributed by atoms with van der Waals surface area (Å²) in [4.78, 5) is 2.17. The Balaban J connectivity index is 2.13. The number of rotatable bonds is 4. The summed E-state index contributed by atoms with van der Waals surface area (Å²) in [6.07, 6.45) is 4.21. The molecule has 1 aliphatic rings. The number of hydrogen-bond acceptors (Lipinski definition) is 2. The van der Waals surface area contributed by atoms with Gasteiger partial charge in [-0.2, -0.15) is 0 Å². The van der Waals surface area contributed by atoms with E-state index in [0.29, 0.717) is 5.54 Å². The van der Waals surface area contributed by atoms with Crippen LogP contribution in [-0.2, 0) is 0 Å². The smallest absolute Gasteiger partial charge is 0.129 e. The molecule has 20 heavy (non-hydrogen) atoms. The van der Waals surface area contributed by atoms with Crippen LogP contribution in [0, 0.1) is 0 Å². The molecule has 1 fully saturated rings. The minimum absolute atomic E-state index is 0.691. The second-order valence-electron chi connectivity index (χ2n) is 6.91. The van der Waals surface area contributed by atoms with Gasteiger partial charge in [-0.3, -0.25) is 0 Å². The Morgan fingerprint density at radius 3 is 2.05 bits per heavy atom. The Labute approximate surface area is 125 Å². The van der Waals surface area contributed by atoms with Gasteiger partial charge >= 0.3 is 0 Å². The summed E-state index contributed by atoms with van der Waals surface area (Å²) in [6.45, 7) is 10.2. The molecule has 1 saturated heterocycles. The van der Waals surface area contributed by atoms with Crippen LogP contribution >= 0.6 is 0 Å². The van der Waals surface area contributed by atoms with Crippen molar-refractivity contribution in [1.29, 1.82) is 0 Å². The molecule has 0 amide bonds. The molecule has 2 nitrogen and oxygen atoms in total. The van der Waals surface area contributed by atoms with E-state index in [1.54, 1.807) is 0 Å². The van der Waals surface area contributed by atoms with E-state index in [1.165, 1.54) is 43.6 Å². The Kier molecular flexibility index (Phi) is 4.92. The van der Waals surface area contributed by atoms with Gasteiger partial charge in [0.05, 0.1) is 0 Å². The fourth-order valence-corrected chi connectivity index (χ4v) is 6.24. The Morgan fingerprint density at radius 1 is 1.00 bits per heavy atom. The molecule has 0 saturated carbocycles. The number of benzene rings is 1. The standard InChI is InChI=1S/C17H30N2Si/c1-15(16-9-11-17(12-10-16)18(2)3)20(4,5)19-13-7-6-8-14-19/h9-12,15H,6-8,13-14H2,1-5H3. The largest absolute Gasteiger partial charge is 0.378 e. The van der Waals surface area contributed by atoms with Gasteiger partial charge in [0.2, 0.25) is 0 Å². The van der Waals surface area contributed by atoms with E-state index in [2.05, 4.69) is 67.8 Å². The highest BCUT2D eigenvalue weighted by atomic mass is 28.3. The average Bonchev–Trinajstić information content (AvgIpc) is 2.47. The molecule has 1 aliphatic heterocycles. The van der Waals surface area contributed by atoms with Gasteiger partial charge in [0.25, 0.3) is 0 Å². The van der Waals surface area contributed by atoms with Gasteiger partial charge in [0, 0.05) is 19.8 Å². The molecule has 0 spiro atoms. The first kappa shape index (κ1) is 15.6. The summed E-state index contributed by atoms with van der Waals surface area (Å²) >= 11 is 0. The fourth-order valence-electron chi connectivity index (χ4n) is 3.21. The van der Waals surface area contributed by atoms with Crippen molar-refractivity contribution in [2.75, 3.05) is 32.1 Å². The predicted molar refractivity (Wildman–Crippen MR) is 92.1 cm³/mol. The van der Waals surface area contributed by atoms with Crippen LogP contribution in [-0.4, -0.2) is 40.0 Å². The maximum Gasteiger partial charge on any atom is 0.129 e. The van der Waals surface area contributed by atoms with Gasteiger partial charge in [0.1, 0.15) is 8.24 Å². The zero-order valence-corrected chi connectivity index (χ0v) is 14.8. The van der Waals surface area contributed by atoms with Crippen molar-refractivity contribution in [3.8, 4) is 0 Å². The van der Waals surface area contributed by atoms with Gasteiger partial charge < -0.3 is 9.47 Å². The van der Waals surface area contributed by atoms with Gasteiger partial charge in [-0.05, 0) is 49.2 Å². The second-order valence-corrected chi connectivity index (χ2v) is 11.7. The number of nitrogens with zero attached hydrogens (tertiary/aromatic N) is 2. The third-order valence-corrected chi connectivity index (χ3v) is 9.67. The Bertz CT molecular complexity index is 419. The Morgan fingerprint density at radius 2 is 1.55 bits per heavy atom. The second kappa shape index (κ2) is 6.31. The minimum Gasteiger partial charge on any atom is -0.378 e. The highest BCUT2D eigenvalue weighted by molar-refractivity contribution is 6.76. The maximum atomic E-state index is 2.82.